The van der Waals surface area contributed by atoms with Gasteiger partial charge in [-0.3, -0.25) is 0 Å². The van der Waals surface area contributed by atoms with Crippen LogP contribution in [0.1, 0.15) is 255 Å². The van der Waals surface area contributed by atoms with Crippen LogP contribution in [0, 0.1) is 0 Å². The molecular formula is C76H120N8O8. The van der Waals surface area contributed by atoms with Crippen molar-refractivity contribution in [3.05, 3.63) is 115 Å². The van der Waals surface area contributed by atoms with Gasteiger partial charge in [0.25, 0.3) is 0 Å². The van der Waals surface area contributed by atoms with E-state index in [-0.39, 0.29) is 45.8 Å². The third-order valence-corrected chi connectivity index (χ3v) is 16.5. The minimum absolute atomic E-state index is 0.155. The Morgan fingerprint density at radius 1 is 0.283 bits per heavy atom. The molecule has 8 bridgehead atoms. The molecule has 92 heavy (non-hydrogen) atoms. The quantitative estimate of drug-likeness (QED) is 0.0194. The van der Waals surface area contributed by atoms with Gasteiger partial charge in [0.1, 0.15) is 23.0 Å². The minimum atomic E-state index is -0.241. The maximum atomic E-state index is 12.6. The number of amides is 8. The first-order chi connectivity index (χ1) is 43.7. The number of rotatable bonds is 32. The number of carbonyl (C=O) groups is 4. The van der Waals surface area contributed by atoms with Crippen LogP contribution in [-0.2, 0) is 47.3 Å². The zero-order valence-corrected chi connectivity index (χ0v) is 59.7. The van der Waals surface area contributed by atoms with Crippen molar-refractivity contribution in [3.8, 4) is 23.0 Å². The van der Waals surface area contributed by atoms with Crippen LogP contribution in [0.4, 0.5) is 19.2 Å². The van der Waals surface area contributed by atoms with Gasteiger partial charge in [0.2, 0.25) is 0 Å². The fraction of sp³-hybridized carbons (Fsp3) is 0.632. The van der Waals surface area contributed by atoms with Gasteiger partial charge in [-0.1, -0.05) is 159 Å². The van der Waals surface area contributed by atoms with Crippen LogP contribution in [0.25, 0.3) is 0 Å². The molecular weight excluding hydrogens is 1150 g/mol. The number of unbranched alkanes of at least 4 members (excludes halogenated alkanes) is 4. The second kappa shape index (κ2) is 37.2. The fourth-order valence-corrected chi connectivity index (χ4v) is 11.0. The average Bonchev–Trinajstić information content (AvgIpc) is 0.777. The molecule has 512 valence electrons. The number of urea groups is 4. The Hall–Kier alpha value is -6.84. The van der Waals surface area contributed by atoms with E-state index < -0.39 is 0 Å². The van der Waals surface area contributed by atoms with Crippen LogP contribution in [0.5, 0.6) is 23.0 Å². The Kier molecular flexibility index (Phi) is 30.6. The highest BCUT2D eigenvalue weighted by atomic mass is 16.5. The zero-order valence-electron chi connectivity index (χ0n) is 59.7. The Morgan fingerprint density at radius 2 is 0.446 bits per heavy atom. The highest BCUT2D eigenvalue weighted by Gasteiger charge is 2.30. The molecule has 16 nitrogen and oxygen atoms in total. The maximum absolute atomic E-state index is 12.6. The van der Waals surface area contributed by atoms with Gasteiger partial charge in [0.05, 0.1) is 26.4 Å². The van der Waals surface area contributed by atoms with Crippen molar-refractivity contribution < 1.29 is 38.1 Å². The Balaban J connectivity index is 1.83. The van der Waals surface area contributed by atoms with Gasteiger partial charge in [-0.15, -0.1) is 0 Å². The SMILES string of the molecule is CCCNC(=O)NCCCCOc1c2cc(C(C)(C)C)cc1Cc1cc(C(C)(C)C)cc(c1OCCCCNC(=O)NCCC)Cc1cc(C(C)(C)C)cc(c1OCCCCNC(=O)NCCC)Cc1cc(C(C)(C)C)cc(c1OCCCCNC(=O)NCCC)C2. The summed E-state index contributed by atoms with van der Waals surface area (Å²) in [6, 6.07) is 18.2. The molecule has 0 saturated heterocycles. The maximum Gasteiger partial charge on any atom is 0.314 e. The lowest BCUT2D eigenvalue weighted by Crippen LogP contribution is -2.36. The van der Waals surface area contributed by atoms with E-state index in [9.17, 15) is 19.2 Å². The lowest BCUT2D eigenvalue weighted by molar-refractivity contribution is 0.239. The van der Waals surface area contributed by atoms with Crippen LogP contribution in [0.3, 0.4) is 0 Å². The van der Waals surface area contributed by atoms with Crippen LogP contribution >= 0.6 is 0 Å². The largest absolute Gasteiger partial charge is 0.493 e. The molecule has 4 aromatic rings. The van der Waals surface area contributed by atoms with Crippen molar-refractivity contribution in [3.63, 3.8) is 0 Å². The normalized spacial score (nSPS) is 12.5. The molecule has 4 aromatic carbocycles. The molecule has 0 radical (unpaired) electrons. The Morgan fingerprint density at radius 3 is 0.598 bits per heavy atom. The summed E-state index contributed by atoms with van der Waals surface area (Å²) >= 11 is 0. The molecule has 0 spiro atoms. The molecule has 16 heteroatoms. The highest BCUT2D eigenvalue weighted by molar-refractivity contribution is 5.75. The van der Waals surface area contributed by atoms with Gasteiger partial charge in [0.15, 0.2) is 0 Å². The molecule has 1 aliphatic carbocycles. The second-order valence-corrected chi connectivity index (χ2v) is 29.2. The number of ether oxygens (including phenoxy) is 4. The molecule has 0 aromatic heterocycles. The van der Waals surface area contributed by atoms with Gasteiger partial charge in [0, 0.05) is 78.0 Å². The number of fused-ring (bicyclic) bond motifs is 8. The lowest BCUT2D eigenvalue weighted by atomic mass is 9.79. The van der Waals surface area contributed by atoms with Gasteiger partial charge in [-0.2, -0.15) is 0 Å². The molecule has 1 aliphatic rings. The third-order valence-electron chi connectivity index (χ3n) is 16.5. The van der Waals surface area contributed by atoms with Crippen LogP contribution in [0.15, 0.2) is 48.5 Å². The van der Waals surface area contributed by atoms with Crippen molar-refractivity contribution in [2.24, 2.45) is 0 Å². The van der Waals surface area contributed by atoms with Crippen molar-refractivity contribution >= 4 is 24.1 Å². The smallest absolute Gasteiger partial charge is 0.314 e. The van der Waals surface area contributed by atoms with Crippen molar-refractivity contribution in [2.45, 2.75) is 235 Å². The summed E-state index contributed by atoms with van der Waals surface area (Å²) in [5.74, 6) is 3.36. The summed E-state index contributed by atoms with van der Waals surface area (Å²) in [5, 5.41) is 23.8. The summed E-state index contributed by atoms with van der Waals surface area (Å²) in [6.45, 7) is 41.9. The first kappa shape index (κ1) is 75.9. The molecule has 5 rings (SSSR count). The van der Waals surface area contributed by atoms with Crippen LogP contribution in [0.2, 0.25) is 0 Å². The molecule has 0 atom stereocenters. The van der Waals surface area contributed by atoms with E-state index >= 15 is 0 Å². The predicted octanol–water partition coefficient (Wildman–Crippen LogP) is 15.0. The van der Waals surface area contributed by atoms with E-state index in [1.807, 2.05) is 27.7 Å². The molecule has 8 N–H and O–H groups in total. The second-order valence-electron chi connectivity index (χ2n) is 29.2. The number of hydrogen-bond acceptors (Lipinski definition) is 8. The van der Waals surface area contributed by atoms with E-state index in [1.165, 1.54) is 22.3 Å². The minimum Gasteiger partial charge on any atom is -0.493 e. The number of carbonyl (C=O) groups excluding carboxylic acids is 4. The van der Waals surface area contributed by atoms with Gasteiger partial charge >= 0.3 is 24.1 Å². The zero-order chi connectivity index (χ0) is 67.5. The van der Waals surface area contributed by atoms with E-state index in [2.05, 4.69) is 174 Å². The number of nitrogens with one attached hydrogen (secondary N) is 8. The molecule has 0 heterocycles. The molecule has 0 fully saturated rings. The van der Waals surface area contributed by atoms with Gasteiger partial charge in [-0.25, -0.2) is 19.2 Å². The molecule has 0 saturated carbocycles. The Bertz CT molecular complexity index is 2490. The summed E-state index contributed by atoms with van der Waals surface area (Å²) in [4.78, 5) is 50.4. The van der Waals surface area contributed by atoms with Crippen LogP contribution in [-0.4, -0.2) is 103 Å². The number of benzene rings is 4. The standard InChI is InChI=1S/C76H120N8O8/c1-17-29-77-69(85)81-33-21-25-37-89-65-53-41-55-47-62(74(8,9)10)49-57(66(55)90-38-26-22-34-82-70(86)78-30-18-2)43-59-51-64(76(14,15)16)52-60(68(59)92-40-28-24-36-84-72(88)80-32-20-4)44-58-50-63(75(11,12)13)48-56(42-54(65)46-61(45-53)73(5,6)7)67(58)91-39-27-23-35-83-71(87)79-31-19-3/h45-52H,17-44H2,1-16H3,(H2,77,81,85)(H2,78,82,86)(H2,79,83,87)(H2,80,84,88). The topological polar surface area (TPSA) is 201 Å². The van der Waals surface area contributed by atoms with Crippen LogP contribution < -0.4 is 61.5 Å². The van der Waals surface area contributed by atoms with Gasteiger partial charge < -0.3 is 61.5 Å². The van der Waals surface area contributed by atoms with Crippen molar-refractivity contribution in [2.75, 3.05) is 78.8 Å². The molecule has 8 amide bonds. The summed E-state index contributed by atoms with van der Waals surface area (Å²) in [6.07, 6.45) is 11.4. The van der Waals surface area contributed by atoms with E-state index in [4.69, 9.17) is 18.9 Å². The molecule has 0 aliphatic heterocycles. The Labute approximate surface area is 554 Å². The van der Waals surface area contributed by atoms with Gasteiger partial charge in [-0.05, 0) is 165 Å². The van der Waals surface area contributed by atoms with Crippen molar-refractivity contribution in [1.82, 2.24) is 42.5 Å². The summed E-state index contributed by atoms with van der Waals surface area (Å²) in [7, 11) is 0. The van der Waals surface area contributed by atoms with Crippen molar-refractivity contribution in [1.29, 1.82) is 0 Å². The van der Waals surface area contributed by atoms with E-state index in [0.29, 0.717) is 104 Å². The third kappa shape index (κ3) is 25.2. The summed E-state index contributed by atoms with van der Waals surface area (Å²) < 4.78 is 29.1. The van der Waals surface area contributed by atoms with E-state index in [0.717, 1.165) is 145 Å². The highest BCUT2D eigenvalue weighted by Crippen LogP contribution is 2.45. The lowest BCUT2D eigenvalue weighted by Gasteiger charge is -2.29. The first-order valence-corrected chi connectivity index (χ1v) is 34.9. The fourth-order valence-electron chi connectivity index (χ4n) is 11.0. The average molecular weight is 1270 g/mol. The predicted molar refractivity (Wildman–Crippen MR) is 377 cm³/mol. The first-order valence-electron chi connectivity index (χ1n) is 34.9. The number of hydrogen-bond donors (Lipinski definition) is 8. The molecule has 0 unspecified atom stereocenters. The summed E-state index contributed by atoms with van der Waals surface area (Å²) in [5.41, 5.74) is 12.3. The monoisotopic (exact) mass is 1270 g/mol. The van der Waals surface area contributed by atoms with E-state index in [1.54, 1.807) is 0 Å².